The molecule has 0 aliphatic heterocycles. The lowest BCUT2D eigenvalue weighted by Crippen LogP contribution is -1.72. The minimum absolute atomic E-state index is 0.175. The van der Waals surface area contributed by atoms with Crippen molar-refractivity contribution >= 4 is 0 Å². The number of unbranched alkanes of at least 4 members (excludes halogenated alkanes) is 3. The molecule has 0 heterocycles. The van der Waals surface area contributed by atoms with E-state index < -0.39 is 0 Å². The van der Waals surface area contributed by atoms with Crippen molar-refractivity contribution in [2.75, 3.05) is 0 Å². The smallest absolute Gasteiger partial charge is 0.0908 e. The van der Waals surface area contributed by atoms with Gasteiger partial charge in [0.25, 0.3) is 0 Å². The Morgan fingerprint density at radius 1 is 1.50 bits per heavy atom. The van der Waals surface area contributed by atoms with Crippen molar-refractivity contribution in [3.8, 4) is 6.07 Å². The molecule has 0 aromatic heterocycles. The molecule has 0 saturated heterocycles. The van der Waals surface area contributed by atoms with E-state index in [0.717, 1.165) is 12.8 Å². The largest absolute Gasteiger partial charge is 0.193 e. The molecule has 0 aromatic carbocycles. The Balaban J connectivity index is 3.58. The normalized spacial score (nSPS) is 14.8. The van der Waals surface area contributed by atoms with E-state index in [1.165, 1.54) is 12.8 Å². The zero-order valence-corrected chi connectivity index (χ0v) is 6.48. The lowest BCUT2D eigenvalue weighted by atomic mass is 10.1. The molecule has 1 heteroatoms. The van der Waals surface area contributed by atoms with E-state index in [4.69, 9.17) is 8.00 Å². The number of rotatable bonds is 5. The van der Waals surface area contributed by atoms with Crippen LogP contribution in [0.15, 0.2) is 12.1 Å². The molecule has 0 fully saturated rings. The maximum absolute atomic E-state index is 8.29. The summed E-state index contributed by atoms with van der Waals surface area (Å²) in [5, 5.41) is 8.29. The molecular weight excluding hydrogens is 122 g/mol. The third-order valence-corrected chi connectivity index (χ3v) is 1.30. The van der Waals surface area contributed by atoms with Crippen LogP contribution in [0.3, 0.4) is 0 Å². The SMILES string of the molecule is [2H]/C(C#N)=C(/[2H])CCCCCC. The molecule has 0 aliphatic carbocycles. The van der Waals surface area contributed by atoms with Crippen molar-refractivity contribution < 1.29 is 2.74 Å². The van der Waals surface area contributed by atoms with Gasteiger partial charge in [0.1, 0.15) is 0 Å². The van der Waals surface area contributed by atoms with Gasteiger partial charge in [-0.25, -0.2) is 0 Å². The first-order chi connectivity index (χ1) is 5.72. The fourth-order valence-electron chi connectivity index (χ4n) is 0.742. The quantitative estimate of drug-likeness (QED) is 0.424. The summed E-state index contributed by atoms with van der Waals surface area (Å²) in [6, 6.07) is 1.65. The highest BCUT2D eigenvalue weighted by molar-refractivity contribution is 5.01. The highest BCUT2D eigenvalue weighted by Gasteiger charge is 1.82. The van der Waals surface area contributed by atoms with Gasteiger partial charge in [-0.3, -0.25) is 0 Å². The van der Waals surface area contributed by atoms with Crippen LogP contribution in [-0.4, -0.2) is 0 Å². The van der Waals surface area contributed by atoms with Crippen molar-refractivity contribution in [1.29, 1.82) is 5.26 Å². The van der Waals surface area contributed by atoms with E-state index in [9.17, 15) is 0 Å². The summed E-state index contributed by atoms with van der Waals surface area (Å²) in [6.45, 7) is 2.13. The molecular formula is C9H15N. The van der Waals surface area contributed by atoms with Crippen LogP contribution in [-0.2, 0) is 0 Å². The van der Waals surface area contributed by atoms with E-state index in [-0.39, 0.29) is 12.1 Å². The van der Waals surface area contributed by atoms with Crippen molar-refractivity contribution in [2.24, 2.45) is 0 Å². The molecule has 10 heavy (non-hydrogen) atoms. The number of nitriles is 1. The first-order valence-electron chi connectivity index (χ1n) is 4.78. The summed E-state index contributed by atoms with van der Waals surface area (Å²) in [4.78, 5) is 0. The number of nitrogens with zero attached hydrogens (tertiary/aromatic N) is 1. The first kappa shape index (κ1) is 5.97. The molecule has 0 N–H and O–H groups in total. The van der Waals surface area contributed by atoms with Crippen molar-refractivity contribution in [1.82, 2.24) is 0 Å². The van der Waals surface area contributed by atoms with Gasteiger partial charge in [0.05, 0.1) is 8.81 Å². The number of hydrogen-bond donors (Lipinski definition) is 0. The average molecular weight is 139 g/mol. The minimum atomic E-state index is -0.188. The molecule has 0 atom stereocenters. The van der Waals surface area contributed by atoms with Crippen LogP contribution in [0.1, 0.15) is 41.8 Å². The van der Waals surface area contributed by atoms with Crippen LogP contribution in [0.25, 0.3) is 0 Å². The highest BCUT2D eigenvalue weighted by atomic mass is 14.2. The van der Waals surface area contributed by atoms with Gasteiger partial charge in [0.15, 0.2) is 0 Å². The second kappa shape index (κ2) is 8.23. The summed E-state index contributed by atoms with van der Waals surface area (Å²) >= 11 is 0. The second-order valence-electron chi connectivity index (χ2n) is 2.22. The third kappa shape index (κ3) is 7.23. The van der Waals surface area contributed by atoms with Gasteiger partial charge in [0.2, 0.25) is 0 Å². The van der Waals surface area contributed by atoms with Crippen LogP contribution in [0.2, 0.25) is 0 Å². The Labute approximate surface area is 66.2 Å². The number of allylic oxidation sites excluding steroid dienone is 2. The number of hydrogen-bond acceptors (Lipinski definition) is 1. The topological polar surface area (TPSA) is 23.8 Å². The third-order valence-electron chi connectivity index (χ3n) is 1.30. The van der Waals surface area contributed by atoms with Crippen LogP contribution in [0, 0.1) is 11.3 Å². The van der Waals surface area contributed by atoms with Gasteiger partial charge >= 0.3 is 0 Å². The standard InChI is InChI=1S/C9H15N/c1-2-3-4-5-6-7-8-9-10/h7-8H,2-6H2,1H3/b8-7+/i7D,8D. The van der Waals surface area contributed by atoms with Gasteiger partial charge in [-0.15, -0.1) is 0 Å². The van der Waals surface area contributed by atoms with Crippen molar-refractivity contribution in [2.45, 2.75) is 39.0 Å². The van der Waals surface area contributed by atoms with E-state index in [1.807, 2.05) is 0 Å². The van der Waals surface area contributed by atoms with Crippen LogP contribution in [0.5, 0.6) is 0 Å². The summed E-state index contributed by atoms with van der Waals surface area (Å²) < 4.78 is 14.3. The predicted octanol–water partition coefficient (Wildman–Crippen LogP) is 3.04. The summed E-state index contributed by atoms with van der Waals surface area (Å²) in [5.74, 6) is 0. The highest BCUT2D eigenvalue weighted by Crippen LogP contribution is 2.02. The molecule has 0 unspecified atom stereocenters. The van der Waals surface area contributed by atoms with Gasteiger partial charge < -0.3 is 0 Å². The molecule has 56 valence electrons. The Morgan fingerprint density at radius 2 is 2.30 bits per heavy atom. The van der Waals surface area contributed by atoms with Crippen LogP contribution in [0.4, 0.5) is 0 Å². The zero-order valence-electron chi connectivity index (χ0n) is 8.48. The maximum Gasteiger partial charge on any atom is 0.0908 e. The van der Waals surface area contributed by atoms with E-state index in [1.54, 1.807) is 6.07 Å². The Kier molecular flexibility index (Phi) is 4.92. The molecule has 0 aromatic rings. The minimum Gasteiger partial charge on any atom is -0.193 e. The molecule has 0 aliphatic rings. The van der Waals surface area contributed by atoms with Crippen LogP contribution >= 0.6 is 0 Å². The van der Waals surface area contributed by atoms with Gasteiger partial charge in [-0.2, -0.15) is 5.26 Å². The fourth-order valence-corrected chi connectivity index (χ4v) is 0.742. The maximum atomic E-state index is 8.29. The van der Waals surface area contributed by atoms with Gasteiger partial charge in [-0.05, 0) is 12.8 Å². The Bertz CT molecular complexity index is 191. The molecule has 0 rings (SSSR count). The molecule has 1 nitrogen and oxygen atoms in total. The Hall–Kier alpha value is -0.770. The summed E-state index contributed by atoms with van der Waals surface area (Å²) in [7, 11) is 0. The molecule has 0 saturated carbocycles. The monoisotopic (exact) mass is 139 g/mol. The second-order valence-corrected chi connectivity index (χ2v) is 2.22. The fraction of sp³-hybridized carbons (Fsp3) is 0.667. The summed E-state index contributed by atoms with van der Waals surface area (Å²) in [6.07, 6.45) is 4.94. The van der Waals surface area contributed by atoms with Crippen LogP contribution < -0.4 is 0 Å². The first-order valence-corrected chi connectivity index (χ1v) is 3.78. The predicted molar refractivity (Wildman–Crippen MR) is 43.5 cm³/mol. The van der Waals surface area contributed by atoms with Crippen molar-refractivity contribution in [3.05, 3.63) is 12.1 Å². The Morgan fingerprint density at radius 3 is 2.90 bits per heavy atom. The lowest BCUT2D eigenvalue weighted by molar-refractivity contribution is 0.674. The van der Waals surface area contributed by atoms with Crippen molar-refractivity contribution in [3.63, 3.8) is 0 Å². The average Bonchev–Trinajstić information content (AvgIpc) is 2.10. The van der Waals surface area contributed by atoms with Gasteiger partial charge in [0, 0.05) is 6.05 Å². The molecule has 0 spiro atoms. The van der Waals surface area contributed by atoms with Gasteiger partial charge in [-0.1, -0.05) is 32.2 Å². The zero-order chi connectivity index (χ0) is 9.40. The lowest BCUT2D eigenvalue weighted by Gasteiger charge is -1.92. The van der Waals surface area contributed by atoms with E-state index in [2.05, 4.69) is 6.92 Å². The van der Waals surface area contributed by atoms with E-state index >= 15 is 0 Å². The summed E-state index contributed by atoms with van der Waals surface area (Å²) in [5.41, 5.74) is 0. The van der Waals surface area contributed by atoms with E-state index in [0.29, 0.717) is 6.42 Å². The molecule has 0 amide bonds. The molecule has 0 radical (unpaired) electrons. The molecule has 0 bridgehead atoms.